The highest BCUT2D eigenvalue weighted by Gasteiger charge is 2.15. The molecular weight excluding hydrogens is 266 g/mol. The molecule has 98 valence electrons. The van der Waals surface area contributed by atoms with Crippen LogP contribution in [0.5, 0.6) is 0 Å². The minimum Gasteiger partial charge on any atom is -0.308 e. The molecule has 0 aliphatic heterocycles. The Hall–Kier alpha value is -0.840. The Labute approximate surface area is 117 Å². The van der Waals surface area contributed by atoms with E-state index in [2.05, 4.69) is 29.5 Å². The van der Waals surface area contributed by atoms with Crippen molar-refractivity contribution in [1.82, 2.24) is 15.1 Å². The molecule has 1 atom stereocenters. The lowest BCUT2D eigenvalue weighted by Gasteiger charge is -2.15. The number of nitrogens with one attached hydrogen (secondary N) is 1. The van der Waals surface area contributed by atoms with E-state index in [1.54, 1.807) is 11.3 Å². The molecule has 0 bridgehead atoms. The summed E-state index contributed by atoms with van der Waals surface area (Å²) >= 11 is 7.62. The summed E-state index contributed by atoms with van der Waals surface area (Å²) in [5, 5.41) is 8.04. The largest absolute Gasteiger partial charge is 0.308 e. The fourth-order valence-electron chi connectivity index (χ4n) is 1.88. The van der Waals surface area contributed by atoms with Crippen LogP contribution in [0.1, 0.15) is 30.0 Å². The van der Waals surface area contributed by atoms with Gasteiger partial charge < -0.3 is 5.32 Å². The molecule has 2 aromatic rings. The number of rotatable bonds is 6. The molecule has 1 N–H and O–H groups in total. The number of aromatic nitrogens is 2. The molecule has 2 rings (SSSR count). The van der Waals surface area contributed by atoms with Crippen molar-refractivity contribution < 1.29 is 0 Å². The molecule has 0 fully saturated rings. The average Bonchev–Trinajstić information content (AvgIpc) is 2.93. The summed E-state index contributed by atoms with van der Waals surface area (Å²) in [4.78, 5) is 1.29. The lowest BCUT2D eigenvalue weighted by Crippen LogP contribution is -2.24. The molecule has 3 nitrogen and oxygen atoms in total. The summed E-state index contributed by atoms with van der Waals surface area (Å²) in [6.07, 6.45) is 4.04. The van der Waals surface area contributed by atoms with Gasteiger partial charge in [0.2, 0.25) is 0 Å². The van der Waals surface area contributed by atoms with Gasteiger partial charge in [0.05, 0.1) is 16.1 Å². The van der Waals surface area contributed by atoms with Gasteiger partial charge in [0, 0.05) is 24.5 Å². The highest BCUT2D eigenvalue weighted by molar-refractivity contribution is 7.16. The molecule has 1 unspecified atom stereocenters. The third-order valence-electron chi connectivity index (χ3n) is 2.77. The van der Waals surface area contributed by atoms with E-state index in [0.717, 1.165) is 29.4 Å². The lowest BCUT2D eigenvalue weighted by molar-refractivity contribution is 0.513. The summed E-state index contributed by atoms with van der Waals surface area (Å²) in [5.74, 6) is 0. The third kappa shape index (κ3) is 3.57. The van der Waals surface area contributed by atoms with E-state index >= 15 is 0 Å². The van der Waals surface area contributed by atoms with Crippen molar-refractivity contribution in [1.29, 1.82) is 0 Å². The van der Waals surface area contributed by atoms with E-state index in [4.69, 9.17) is 11.6 Å². The van der Waals surface area contributed by atoms with Crippen molar-refractivity contribution in [2.24, 2.45) is 7.05 Å². The Morgan fingerprint density at radius 1 is 1.44 bits per heavy atom. The highest BCUT2D eigenvalue weighted by atomic mass is 35.5. The van der Waals surface area contributed by atoms with Crippen LogP contribution in [0.15, 0.2) is 24.4 Å². The van der Waals surface area contributed by atoms with Gasteiger partial charge in [-0.15, -0.1) is 11.3 Å². The van der Waals surface area contributed by atoms with Gasteiger partial charge in [-0.3, -0.25) is 4.68 Å². The summed E-state index contributed by atoms with van der Waals surface area (Å²) in [7, 11) is 1.95. The molecule has 0 aliphatic carbocycles. The number of thiophene rings is 1. The zero-order chi connectivity index (χ0) is 13.0. The van der Waals surface area contributed by atoms with Gasteiger partial charge >= 0.3 is 0 Å². The molecule has 2 aromatic heterocycles. The quantitative estimate of drug-likeness (QED) is 0.880. The second-order valence-corrected chi connectivity index (χ2v) is 6.13. The van der Waals surface area contributed by atoms with Crippen LogP contribution < -0.4 is 5.32 Å². The first-order valence-corrected chi connectivity index (χ1v) is 7.35. The first kappa shape index (κ1) is 13.6. The monoisotopic (exact) mass is 283 g/mol. The lowest BCUT2D eigenvalue weighted by atomic mass is 10.1. The van der Waals surface area contributed by atoms with Crippen LogP contribution in [0.2, 0.25) is 4.34 Å². The Bertz CT molecular complexity index is 492. The summed E-state index contributed by atoms with van der Waals surface area (Å²) in [6, 6.07) is 6.39. The van der Waals surface area contributed by atoms with Crippen LogP contribution in [-0.2, 0) is 13.5 Å². The van der Waals surface area contributed by atoms with E-state index in [9.17, 15) is 0 Å². The van der Waals surface area contributed by atoms with Gasteiger partial charge in [0.1, 0.15) is 0 Å². The van der Waals surface area contributed by atoms with Crippen LogP contribution >= 0.6 is 22.9 Å². The van der Waals surface area contributed by atoms with Gasteiger partial charge in [-0.1, -0.05) is 18.5 Å². The second-order valence-electron chi connectivity index (χ2n) is 4.33. The van der Waals surface area contributed by atoms with Gasteiger partial charge in [-0.05, 0) is 31.2 Å². The fraction of sp³-hybridized carbons (Fsp3) is 0.462. The number of aryl methyl sites for hydroxylation is 1. The Morgan fingerprint density at radius 3 is 2.83 bits per heavy atom. The summed E-state index contributed by atoms with van der Waals surface area (Å²) in [6.45, 7) is 3.17. The highest BCUT2D eigenvalue weighted by Crippen LogP contribution is 2.26. The van der Waals surface area contributed by atoms with Crippen LogP contribution in [0.3, 0.4) is 0 Å². The Morgan fingerprint density at radius 2 is 2.28 bits per heavy atom. The molecule has 0 radical (unpaired) electrons. The number of nitrogens with zero attached hydrogens (tertiary/aromatic N) is 2. The number of halogens is 1. The molecule has 0 saturated carbocycles. The maximum Gasteiger partial charge on any atom is 0.0931 e. The van der Waals surface area contributed by atoms with E-state index in [1.165, 1.54) is 4.88 Å². The number of hydrogen-bond donors (Lipinski definition) is 1. The minimum atomic E-state index is 0.265. The maximum atomic E-state index is 5.98. The first-order valence-electron chi connectivity index (χ1n) is 6.16. The Balaban J connectivity index is 2.09. The van der Waals surface area contributed by atoms with Crippen molar-refractivity contribution >= 4 is 22.9 Å². The fourth-order valence-corrected chi connectivity index (χ4v) is 3.01. The Kier molecular flexibility index (Phi) is 4.80. The molecule has 18 heavy (non-hydrogen) atoms. The zero-order valence-electron chi connectivity index (χ0n) is 10.7. The molecular formula is C13H18ClN3S. The molecule has 5 heteroatoms. The maximum absolute atomic E-state index is 5.98. The zero-order valence-corrected chi connectivity index (χ0v) is 12.3. The third-order valence-corrected chi connectivity index (χ3v) is 4.02. The summed E-state index contributed by atoms with van der Waals surface area (Å²) in [5.41, 5.74) is 1.09. The SMILES string of the molecule is CCCNC(Cc1ccc(Cl)s1)c1ccn(C)n1. The van der Waals surface area contributed by atoms with Gasteiger partial charge in [-0.25, -0.2) is 0 Å². The van der Waals surface area contributed by atoms with Crippen LogP contribution in [-0.4, -0.2) is 16.3 Å². The molecule has 0 aliphatic rings. The second kappa shape index (κ2) is 6.36. The van der Waals surface area contributed by atoms with Gasteiger partial charge in [0.25, 0.3) is 0 Å². The molecule has 0 saturated heterocycles. The minimum absolute atomic E-state index is 0.265. The van der Waals surface area contributed by atoms with E-state index in [1.807, 2.05) is 24.0 Å². The number of hydrogen-bond acceptors (Lipinski definition) is 3. The molecule has 0 aromatic carbocycles. The van der Waals surface area contributed by atoms with E-state index in [0.29, 0.717) is 0 Å². The first-order chi connectivity index (χ1) is 8.69. The van der Waals surface area contributed by atoms with Crippen LogP contribution in [0.4, 0.5) is 0 Å². The van der Waals surface area contributed by atoms with Crippen molar-refractivity contribution in [3.8, 4) is 0 Å². The van der Waals surface area contributed by atoms with Gasteiger partial charge in [-0.2, -0.15) is 5.10 Å². The van der Waals surface area contributed by atoms with E-state index in [-0.39, 0.29) is 6.04 Å². The topological polar surface area (TPSA) is 29.9 Å². The van der Waals surface area contributed by atoms with E-state index < -0.39 is 0 Å². The van der Waals surface area contributed by atoms with Crippen molar-refractivity contribution in [3.63, 3.8) is 0 Å². The standard InChI is InChI=1S/C13H18ClN3S/c1-3-7-15-12(11-6-8-17(2)16-11)9-10-4-5-13(14)18-10/h4-6,8,12,15H,3,7,9H2,1-2H3. The van der Waals surface area contributed by atoms with Crippen LogP contribution in [0, 0.1) is 0 Å². The van der Waals surface area contributed by atoms with Crippen LogP contribution in [0.25, 0.3) is 0 Å². The molecule has 0 amide bonds. The normalized spacial score (nSPS) is 12.8. The smallest absolute Gasteiger partial charge is 0.0931 e. The predicted octanol–water partition coefficient (Wildman–Crippen LogP) is 3.42. The molecule has 2 heterocycles. The average molecular weight is 284 g/mol. The van der Waals surface area contributed by atoms with Gasteiger partial charge in [0.15, 0.2) is 0 Å². The van der Waals surface area contributed by atoms with Crippen molar-refractivity contribution in [3.05, 3.63) is 39.3 Å². The van der Waals surface area contributed by atoms with Crippen molar-refractivity contribution in [2.75, 3.05) is 6.54 Å². The molecule has 0 spiro atoms. The summed E-state index contributed by atoms with van der Waals surface area (Å²) < 4.78 is 2.69. The predicted molar refractivity (Wildman–Crippen MR) is 77.3 cm³/mol. The van der Waals surface area contributed by atoms with Crippen molar-refractivity contribution in [2.45, 2.75) is 25.8 Å².